The topological polar surface area (TPSA) is 80.9 Å². The summed E-state index contributed by atoms with van der Waals surface area (Å²) in [5.41, 5.74) is 6.79. The minimum Gasteiger partial charge on any atom is -0.397 e. The molecule has 1 amide bonds. The molecule has 7 heteroatoms. The molecule has 0 aliphatic carbocycles. The minimum absolute atomic E-state index is 0.0497. The molecule has 2 rings (SSSR count). The highest BCUT2D eigenvalue weighted by Crippen LogP contribution is 2.22. The fraction of sp³-hybridized carbons (Fsp3) is 0.214. The number of hydrogen-bond acceptors (Lipinski definition) is 5. The monoisotopic (exact) mass is 322 g/mol. The van der Waals surface area contributed by atoms with E-state index in [1.165, 1.54) is 11.8 Å². The van der Waals surface area contributed by atoms with Crippen molar-refractivity contribution in [1.82, 2.24) is 9.97 Å². The fourth-order valence-corrected chi connectivity index (χ4v) is 2.46. The van der Waals surface area contributed by atoms with Gasteiger partial charge in [0.15, 0.2) is 5.16 Å². The van der Waals surface area contributed by atoms with E-state index < -0.39 is 0 Å². The number of hydrogen-bond donors (Lipinski definition) is 2. The number of anilines is 2. The summed E-state index contributed by atoms with van der Waals surface area (Å²) in [5.74, 6) is 0.742. The van der Waals surface area contributed by atoms with Gasteiger partial charge in [0.05, 0.1) is 10.7 Å². The van der Waals surface area contributed by atoms with Crippen LogP contribution in [0.4, 0.5) is 11.4 Å². The summed E-state index contributed by atoms with van der Waals surface area (Å²) in [6, 6.07) is 6.81. The molecule has 0 saturated carbocycles. The first-order chi connectivity index (χ1) is 10.1. The lowest BCUT2D eigenvalue weighted by molar-refractivity contribution is -0.116. The maximum atomic E-state index is 11.8. The van der Waals surface area contributed by atoms with Crippen molar-refractivity contribution in [2.75, 3.05) is 16.8 Å². The molecule has 21 heavy (non-hydrogen) atoms. The van der Waals surface area contributed by atoms with Crippen LogP contribution in [0.15, 0.2) is 41.8 Å². The highest BCUT2D eigenvalue weighted by molar-refractivity contribution is 7.99. The third kappa shape index (κ3) is 5.24. The van der Waals surface area contributed by atoms with E-state index in [9.17, 15) is 4.79 Å². The summed E-state index contributed by atoms with van der Waals surface area (Å²) in [6.07, 6.45) is 4.58. The van der Waals surface area contributed by atoms with E-state index in [0.29, 0.717) is 22.8 Å². The first-order valence-corrected chi connectivity index (χ1v) is 7.76. The Balaban J connectivity index is 1.71. The molecule has 1 aromatic carbocycles. The maximum absolute atomic E-state index is 11.8. The molecule has 1 heterocycles. The normalized spacial score (nSPS) is 10.3. The molecule has 110 valence electrons. The van der Waals surface area contributed by atoms with Crippen molar-refractivity contribution in [2.24, 2.45) is 0 Å². The van der Waals surface area contributed by atoms with Crippen LogP contribution in [-0.2, 0) is 4.79 Å². The molecular weight excluding hydrogens is 308 g/mol. The van der Waals surface area contributed by atoms with Crippen LogP contribution in [0.3, 0.4) is 0 Å². The zero-order chi connectivity index (χ0) is 15.1. The molecule has 0 radical (unpaired) electrons. The third-order valence-electron chi connectivity index (χ3n) is 2.60. The summed E-state index contributed by atoms with van der Waals surface area (Å²) >= 11 is 7.36. The van der Waals surface area contributed by atoms with Crippen molar-refractivity contribution in [1.29, 1.82) is 0 Å². The zero-order valence-corrected chi connectivity index (χ0v) is 12.8. The van der Waals surface area contributed by atoms with Gasteiger partial charge >= 0.3 is 0 Å². The van der Waals surface area contributed by atoms with Gasteiger partial charge in [-0.15, -0.1) is 0 Å². The molecule has 0 unspecified atom stereocenters. The molecule has 0 aliphatic heterocycles. The predicted molar refractivity (Wildman–Crippen MR) is 86.5 cm³/mol. The minimum atomic E-state index is -0.0497. The van der Waals surface area contributed by atoms with E-state index in [4.69, 9.17) is 17.3 Å². The highest BCUT2D eigenvalue weighted by atomic mass is 35.5. The van der Waals surface area contributed by atoms with Crippen LogP contribution in [0.25, 0.3) is 0 Å². The number of nitrogens with one attached hydrogen (secondary N) is 1. The molecule has 1 aromatic heterocycles. The zero-order valence-electron chi connectivity index (χ0n) is 11.3. The fourth-order valence-electron chi connectivity index (χ4n) is 1.60. The second-order valence-corrected chi connectivity index (χ2v) is 5.74. The second kappa shape index (κ2) is 7.85. The molecule has 5 nitrogen and oxygen atoms in total. The maximum Gasteiger partial charge on any atom is 0.224 e. The number of thioether (sulfide) groups is 1. The van der Waals surface area contributed by atoms with Gasteiger partial charge in [-0.1, -0.05) is 23.4 Å². The molecule has 0 saturated heterocycles. The number of aromatic nitrogens is 2. The molecule has 0 aliphatic rings. The summed E-state index contributed by atoms with van der Waals surface area (Å²) < 4.78 is 0. The van der Waals surface area contributed by atoms with Gasteiger partial charge in [0.25, 0.3) is 0 Å². The Morgan fingerprint density at radius 1 is 1.33 bits per heavy atom. The van der Waals surface area contributed by atoms with E-state index in [2.05, 4.69) is 15.3 Å². The second-order valence-electron chi connectivity index (χ2n) is 4.27. The van der Waals surface area contributed by atoms with Crippen molar-refractivity contribution in [3.05, 3.63) is 41.7 Å². The lowest BCUT2D eigenvalue weighted by atomic mass is 10.2. The number of nitrogen functional groups attached to an aromatic ring is 1. The van der Waals surface area contributed by atoms with Gasteiger partial charge in [-0.05, 0) is 30.7 Å². The van der Waals surface area contributed by atoms with Crippen molar-refractivity contribution in [3.63, 3.8) is 0 Å². The van der Waals surface area contributed by atoms with Gasteiger partial charge in [-0.3, -0.25) is 4.79 Å². The summed E-state index contributed by atoms with van der Waals surface area (Å²) in [4.78, 5) is 20.0. The number of carbonyl (C=O) groups is 1. The number of nitrogens with zero attached hydrogens (tertiary/aromatic N) is 2. The van der Waals surface area contributed by atoms with E-state index in [0.717, 1.165) is 17.3 Å². The van der Waals surface area contributed by atoms with Gasteiger partial charge in [0.2, 0.25) is 5.91 Å². The number of benzene rings is 1. The van der Waals surface area contributed by atoms with Gasteiger partial charge in [0.1, 0.15) is 0 Å². The Labute approximate surface area is 132 Å². The van der Waals surface area contributed by atoms with Crippen LogP contribution in [-0.4, -0.2) is 21.6 Å². The van der Waals surface area contributed by atoms with Crippen LogP contribution in [0.1, 0.15) is 12.8 Å². The van der Waals surface area contributed by atoms with Crippen LogP contribution in [0.2, 0.25) is 5.02 Å². The SMILES string of the molecule is Nc1cc(NC(=O)CCCSc2ncccn2)ccc1Cl. The predicted octanol–water partition coefficient (Wildman–Crippen LogP) is 3.22. The van der Waals surface area contributed by atoms with Crippen LogP contribution >= 0.6 is 23.4 Å². The van der Waals surface area contributed by atoms with Crippen molar-refractivity contribution < 1.29 is 4.79 Å². The van der Waals surface area contributed by atoms with Gasteiger partial charge in [-0.2, -0.15) is 0 Å². The average Bonchev–Trinajstić information content (AvgIpc) is 2.49. The lowest BCUT2D eigenvalue weighted by Crippen LogP contribution is -2.11. The van der Waals surface area contributed by atoms with Crippen LogP contribution in [0.5, 0.6) is 0 Å². The Morgan fingerprint density at radius 2 is 2.10 bits per heavy atom. The largest absolute Gasteiger partial charge is 0.397 e. The molecule has 0 fully saturated rings. The van der Waals surface area contributed by atoms with E-state index in [1.54, 1.807) is 36.7 Å². The smallest absolute Gasteiger partial charge is 0.224 e. The van der Waals surface area contributed by atoms with Crippen molar-refractivity contribution in [2.45, 2.75) is 18.0 Å². The van der Waals surface area contributed by atoms with Gasteiger partial charge in [-0.25, -0.2) is 9.97 Å². The van der Waals surface area contributed by atoms with E-state index in [-0.39, 0.29) is 5.91 Å². The van der Waals surface area contributed by atoms with Gasteiger partial charge < -0.3 is 11.1 Å². The van der Waals surface area contributed by atoms with Crippen LogP contribution in [0, 0.1) is 0 Å². The molecular formula is C14H15ClN4OS. The van der Waals surface area contributed by atoms with Gasteiger partial charge in [0, 0.05) is 30.3 Å². The van der Waals surface area contributed by atoms with Crippen molar-refractivity contribution >= 4 is 40.6 Å². The first-order valence-electron chi connectivity index (χ1n) is 6.40. The summed E-state index contributed by atoms with van der Waals surface area (Å²) in [5, 5.41) is 3.99. The first kappa shape index (κ1) is 15.6. The Kier molecular flexibility index (Phi) is 5.83. The Morgan fingerprint density at radius 3 is 2.81 bits per heavy atom. The average molecular weight is 323 g/mol. The molecule has 2 aromatic rings. The standard InChI is InChI=1S/C14H15ClN4OS/c15-11-5-4-10(9-12(11)16)19-13(20)3-1-8-21-14-17-6-2-7-18-14/h2,4-7,9H,1,3,8,16H2,(H,19,20). The van der Waals surface area contributed by atoms with Crippen molar-refractivity contribution in [3.8, 4) is 0 Å². The molecule has 0 bridgehead atoms. The molecule has 0 spiro atoms. The summed E-state index contributed by atoms with van der Waals surface area (Å²) in [7, 11) is 0. The summed E-state index contributed by atoms with van der Waals surface area (Å²) in [6.45, 7) is 0. The third-order valence-corrected chi connectivity index (χ3v) is 3.91. The highest BCUT2D eigenvalue weighted by Gasteiger charge is 2.05. The lowest BCUT2D eigenvalue weighted by Gasteiger charge is -2.06. The quantitative estimate of drug-likeness (QED) is 0.369. The number of rotatable bonds is 6. The molecule has 0 atom stereocenters. The number of halogens is 1. The Hall–Kier alpha value is -1.79. The van der Waals surface area contributed by atoms with E-state index >= 15 is 0 Å². The molecule has 3 N–H and O–H groups in total. The number of nitrogens with two attached hydrogens (primary N) is 1. The van der Waals surface area contributed by atoms with E-state index in [1.807, 2.05) is 0 Å². The van der Waals surface area contributed by atoms with Crippen LogP contribution < -0.4 is 11.1 Å². The number of amides is 1. The number of carbonyl (C=O) groups excluding carboxylic acids is 1. The Bertz CT molecular complexity index is 609.